The van der Waals surface area contributed by atoms with E-state index in [2.05, 4.69) is 118 Å². The summed E-state index contributed by atoms with van der Waals surface area (Å²) in [5.41, 5.74) is 0. The van der Waals surface area contributed by atoms with Crippen molar-refractivity contribution in [2.24, 2.45) is 0 Å². The number of carbonyl (C=O) groups is 3. The van der Waals surface area contributed by atoms with Crippen molar-refractivity contribution in [2.75, 3.05) is 13.2 Å². The molecule has 0 aliphatic carbocycles. The van der Waals surface area contributed by atoms with Crippen molar-refractivity contribution < 1.29 is 28.6 Å². The molecule has 0 spiro atoms. The fraction of sp³-hybridized carbons (Fsp3) is 0.725. The van der Waals surface area contributed by atoms with Gasteiger partial charge in [0.15, 0.2) is 6.10 Å². The van der Waals surface area contributed by atoms with Crippen LogP contribution in [0.5, 0.6) is 0 Å². The van der Waals surface area contributed by atoms with Crippen molar-refractivity contribution >= 4 is 17.9 Å². The molecule has 6 heteroatoms. The lowest BCUT2D eigenvalue weighted by molar-refractivity contribution is -0.167. The van der Waals surface area contributed by atoms with Gasteiger partial charge in [-0.25, -0.2) is 0 Å². The molecule has 0 saturated carbocycles. The number of unbranched alkanes of at least 4 members (excludes halogenated alkanes) is 30. The molecule has 0 aromatic rings. The van der Waals surface area contributed by atoms with Gasteiger partial charge in [0.25, 0.3) is 0 Å². The highest BCUT2D eigenvalue weighted by atomic mass is 16.6. The van der Waals surface area contributed by atoms with Crippen LogP contribution < -0.4 is 0 Å². The van der Waals surface area contributed by atoms with Crippen LogP contribution in [0.15, 0.2) is 97.2 Å². The van der Waals surface area contributed by atoms with E-state index in [0.717, 1.165) is 109 Å². The zero-order valence-electron chi connectivity index (χ0n) is 49.3. The van der Waals surface area contributed by atoms with Crippen LogP contribution in [0, 0.1) is 0 Å². The second kappa shape index (κ2) is 62.9. The average molecular weight is 1040 g/mol. The molecule has 0 heterocycles. The largest absolute Gasteiger partial charge is 0.462 e. The molecule has 0 aromatic heterocycles. The van der Waals surface area contributed by atoms with E-state index < -0.39 is 6.10 Å². The predicted molar refractivity (Wildman–Crippen MR) is 325 cm³/mol. The highest BCUT2D eigenvalue weighted by Crippen LogP contribution is 2.17. The Morgan fingerprint density at radius 1 is 0.280 bits per heavy atom. The molecule has 430 valence electrons. The maximum atomic E-state index is 12.9. The van der Waals surface area contributed by atoms with Crippen molar-refractivity contribution in [3.63, 3.8) is 0 Å². The van der Waals surface area contributed by atoms with Crippen molar-refractivity contribution in [2.45, 2.75) is 309 Å². The van der Waals surface area contributed by atoms with E-state index in [1.165, 1.54) is 154 Å². The van der Waals surface area contributed by atoms with E-state index in [0.29, 0.717) is 19.3 Å². The molecule has 0 bridgehead atoms. The third kappa shape index (κ3) is 61.1. The highest BCUT2D eigenvalue weighted by Gasteiger charge is 2.19. The van der Waals surface area contributed by atoms with E-state index in [4.69, 9.17) is 14.2 Å². The summed E-state index contributed by atoms with van der Waals surface area (Å²) in [6, 6.07) is 0. The minimum absolute atomic E-state index is 0.0889. The number of ether oxygens (including phenoxy) is 3. The Morgan fingerprint density at radius 3 is 0.813 bits per heavy atom. The fourth-order valence-corrected chi connectivity index (χ4v) is 8.87. The predicted octanol–water partition coefficient (Wildman–Crippen LogP) is 21.7. The summed E-state index contributed by atoms with van der Waals surface area (Å²) < 4.78 is 16.8. The molecule has 0 radical (unpaired) electrons. The smallest absolute Gasteiger partial charge is 0.306 e. The van der Waals surface area contributed by atoms with Crippen LogP contribution in [0.3, 0.4) is 0 Å². The molecule has 0 fully saturated rings. The van der Waals surface area contributed by atoms with Gasteiger partial charge >= 0.3 is 17.9 Å². The van der Waals surface area contributed by atoms with Crippen molar-refractivity contribution in [3.05, 3.63) is 97.2 Å². The number of rotatable bonds is 57. The van der Waals surface area contributed by atoms with Crippen LogP contribution in [0.25, 0.3) is 0 Å². The summed E-state index contributed by atoms with van der Waals surface area (Å²) in [6.07, 6.45) is 84.4. The number of carbonyl (C=O) groups excluding carboxylic acids is 3. The lowest BCUT2D eigenvalue weighted by Crippen LogP contribution is -2.30. The highest BCUT2D eigenvalue weighted by molar-refractivity contribution is 5.71. The van der Waals surface area contributed by atoms with Crippen LogP contribution in [0.2, 0.25) is 0 Å². The number of hydrogen-bond acceptors (Lipinski definition) is 6. The maximum Gasteiger partial charge on any atom is 0.306 e. The zero-order valence-corrected chi connectivity index (χ0v) is 49.3. The summed E-state index contributed by atoms with van der Waals surface area (Å²) in [5, 5.41) is 0. The number of hydrogen-bond donors (Lipinski definition) is 0. The van der Waals surface area contributed by atoms with Gasteiger partial charge in [-0.15, -0.1) is 0 Å². The van der Waals surface area contributed by atoms with Gasteiger partial charge in [-0.1, -0.05) is 298 Å². The Labute approximate surface area is 464 Å². The molecule has 0 rings (SSSR count). The summed E-state index contributed by atoms with van der Waals surface area (Å²) >= 11 is 0. The molecule has 1 atom stereocenters. The topological polar surface area (TPSA) is 78.9 Å². The minimum Gasteiger partial charge on any atom is -0.462 e. The van der Waals surface area contributed by atoms with E-state index >= 15 is 0 Å². The van der Waals surface area contributed by atoms with E-state index in [9.17, 15) is 14.4 Å². The second-order valence-electron chi connectivity index (χ2n) is 21.0. The van der Waals surface area contributed by atoms with E-state index in [1.807, 2.05) is 0 Å². The molecule has 0 aromatic carbocycles. The Kier molecular flexibility index (Phi) is 59.8. The molecule has 0 aliphatic heterocycles. The summed E-state index contributed by atoms with van der Waals surface area (Å²) in [5.74, 6) is -0.932. The van der Waals surface area contributed by atoms with Gasteiger partial charge in [0.05, 0.1) is 0 Å². The van der Waals surface area contributed by atoms with E-state index in [1.54, 1.807) is 0 Å². The fourth-order valence-electron chi connectivity index (χ4n) is 8.87. The molecular formula is C69H118O6. The standard InChI is InChI=1S/C69H118O6/c1-4-7-10-13-16-18-20-22-24-26-28-30-32-33-34-35-37-38-40-42-44-46-48-50-53-56-59-62-68(71)74-65-66(64-73-67(70)61-58-55-52-15-12-9-6-3)75-69(72)63-60-57-54-51-49-47-45-43-41-39-36-31-29-27-25-23-21-19-17-14-11-8-5-2/h7,10,16,18,22,24,28,30,33-34,37-38,42,44,48,50,66H,4-6,8-9,11-15,17,19-21,23,25-27,29,31-32,35-36,39-41,43,45-47,49,51-65H2,1-3H3/b10-7-,18-16-,24-22-,30-28-,34-33-,38-37-,44-42-,50-48-. The van der Waals surface area contributed by atoms with Gasteiger partial charge in [-0.05, 0) is 83.5 Å². The Bertz CT molecular complexity index is 1480. The lowest BCUT2D eigenvalue weighted by Gasteiger charge is -2.18. The zero-order chi connectivity index (χ0) is 54.3. The Morgan fingerprint density at radius 2 is 0.520 bits per heavy atom. The van der Waals surface area contributed by atoms with Crippen LogP contribution >= 0.6 is 0 Å². The first kappa shape index (κ1) is 71.3. The molecule has 0 N–H and O–H groups in total. The van der Waals surface area contributed by atoms with E-state index in [-0.39, 0.29) is 31.1 Å². The summed E-state index contributed by atoms with van der Waals surface area (Å²) in [6.45, 7) is 6.47. The first-order chi connectivity index (χ1) is 37.0. The minimum atomic E-state index is -0.792. The Balaban J connectivity index is 4.23. The summed E-state index contributed by atoms with van der Waals surface area (Å²) in [7, 11) is 0. The molecular weight excluding hydrogens is 925 g/mol. The van der Waals surface area contributed by atoms with Gasteiger partial charge in [0.1, 0.15) is 13.2 Å². The lowest BCUT2D eigenvalue weighted by atomic mass is 10.0. The van der Waals surface area contributed by atoms with Crippen LogP contribution in [-0.4, -0.2) is 37.2 Å². The van der Waals surface area contributed by atoms with Gasteiger partial charge in [0, 0.05) is 19.3 Å². The normalized spacial score (nSPS) is 12.7. The first-order valence-electron chi connectivity index (χ1n) is 31.7. The van der Waals surface area contributed by atoms with Gasteiger partial charge in [-0.2, -0.15) is 0 Å². The van der Waals surface area contributed by atoms with Crippen molar-refractivity contribution in [3.8, 4) is 0 Å². The van der Waals surface area contributed by atoms with Crippen LogP contribution in [0.4, 0.5) is 0 Å². The van der Waals surface area contributed by atoms with Gasteiger partial charge in [-0.3, -0.25) is 14.4 Å². The van der Waals surface area contributed by atoms with Crippen LogP contribution in [-0.2, 0) is 28.6 Å². The maximum absolute atomic E-state index is 12.9. The van der Waals surface area contributed by atoms with Crippen molar-refractivity contribution in [1.29, 1.82) is 0 Å². The van der Waals surface area contributed by atoms with Gasteiger partial charge < -0.3 is 14.2 Å². The molecule has 75 heavy (non-hydrogen) atoms. The third-order valence-electron chi connectivity index (χ3n) is 13.6. The second-order valence-corrected chi connectivity index (χ2v) is 21.0. The molecule has 0 saturated heterocycles. The molecule has 6 nitrogen and oxygen atoms in total. The molecule has 0 amide bonds. The van der Waals surface area contributed by atoms with Crippen LogP contribution in [0.1, 0.15) is 303 Å². The van der Waals surface area contributed by atoms with Gasteiger partial charge in [0.2, 0.25) is 0 Å². The van der Waals surface area contributed by atoms with Crippen molar-refractivity contribution in [1.82, 2.24) is 0 Å². The summed E-state index contributed by atoms with van der Waals surface area (Å²) in [4.78, 5) is 38.0. The SMILES string of the molecule is CC/C=C\C/C=C\C/C=C\C/C=C\C/C=C\C/C=C\C/C=C\C/C=C\CCCCC(=O)OCC(COC(=O)CCCCCCCCC)OC(=O)CCCCCCCCCCCCCCCCCCCCCCCCC. The number of allylic oxidation sites excluding steroid dienone is 16. The molecule has 1 unspecified atom stereocenters. The quantitative estimate of drug-likeness (QED) is 0.0261. The Hall–Kier alpha value is -3.67. The first-order valence-corrected chi connectivity index (χ1v) is 31.7. The third-order valence-corrected chi connectivity index (χ3v) is 13.6. The average Bonchev–Trinajstić information content (AvgIpc) is 3.41. The number of esters is 3. The molecule has 0 aliphatic rings. The monoisotopic (exact) mass is 1040 g/mol.